The molecule has 0 spiro atoms. The van der Waals surface area contributed by atoms with Gasteiger partial charge < -0.3 is 20.4 Å². The van der Waals surface area contributed by atoms with Crippen molar-refractivity contribution in [3.63, 3.8) is 0 Å². The smallest absolute Gasteiger partial charge is 0.326 e. The number of hydrogen-bond donors (Lipinski definition) is 3. The van der Waals surface area contributed by atoms with Gasteiger partial charge in [0.05, 0.1) is 12.6 Å². The lowest BCUT2D eigenvalue weighted by atomic mass is 10.0. The molecule has 3 N–H and O–H groups in total. The van der Waals surface area contributed by atoms with Crippen LogP contribution in [-0.2, 0) is 4.79 Å². The zero-order valence-electron chi connectivity index (χ0n) is 10.9. The first kappa shape index (κ1) is 14.8. The van der Waals surface area contributed by atoms with Crippen LogP contribution in [0.25, 0.3) is 0 Å². The lowest BCUT2D eigenvalue weighted by Crippen LogP contribution is -2.50. The maximum atomic E-state index is 12.0. The van der Waals surface area contributed by atoms with E-state index in [0.29, 0.717) is 13.0 Å². The Morgan fingerprint density at radius 2 is 2.11 bits per heavy atom. The van der Waals surface area contributed by atoms with Gasteiger partial charge in [0, 0.05) is 6.54 Å². The normalized spacial score (nSPS) is 21.1. The Hall–Kier alpha value is -1.30. The molecule has 0 aromatic rings. The molecule has 0 radical (unpaired) electrons. The topological polar surface area (TPSA) is 89.9 Å². The quantitative estimate of drug-likeness (QED) is 0.675. The molecule has 0 aromatic heterocycles. The fourth-order valence-electron chi connectivity index (χ4n) is 2.22. The minimum atomic E-state index is -1.02. The molecule has 2 atom stereocenters. The Morgan fingerprint density at radius 1 is 1.44 bits per heavy atom. The van der Waals surface area contributed by atoms with Crippen molar-refractivity contribution >= 4 is 12.0 Å². The van der Waals surface area contributed by atoms with Crippen LogP contribution < -0.4 is 5.32 Å². The first-order valence-electron chi connectivity index (χ1n) is 6.36. The third-order valence-electron chi connectivity index (χ3n) is 3.15. The predicted octanol–water partition coefficient (Wildman–Crippen LogP) is 0.652. The summed E-state index contributed by atoms with van der Waals surface area (Å²) in [6, 6.07) is -1.43. The number of amides is 2. The number of carbonyl (C=O) groups excluding carboxylic acids is 1. The van der Waals surface area contributed by atoms with Gasteiger partial charge in [-0.05, 0) is 25.2 Å². The predicted molar refractivity (Wildman–Crippen MR) is 66.2 cm³/mol. The monoisotopic (exact) mass is 258 g/mol. The van der Waals surface area contributed by atoms with Crippen molar-refractivity contribution in [1.29, 1.82) is 0 Å². The number of aliphatic hydroxyl groups excluding tert-OH is 1. The van der Waals surface area contributed by atoms with Crippen molar-refractivity contribution in [2.24, 2.45) is 5.92 Å². The molecule has 1 fully saturated rings. The van der Waals surface area contributed by atoms with Gasteiger partial charge in [-0.3, -0.25) is 0 Å². The van der Waals surface area contributed by atoms with Crippen LogP contribution in [0.1, 0.15) is 33.1 Å². The van der Waals surface area contributed by atoms with Crippen LogP contribution in [0.4, 0.5) is 4.79 Å². The molecule has 1 saturated heterocycles. The molecule has 1 heterocycles. The van der Waals surface area contributed by atoms with Gasteiger partial charge in [-0.25, -0.2) is 9.59 Å². The fourth-order valence-corrected chi connectivity index (χ4v) is 2.22. The summed E-state index contributed by atoms with van der Waals surface area (Å²) in [6.45, 7) is 4.32. The zero-order chi connectivity index (χ0) is 13.7. The average molecular weight is 258 g/mol. The number of rotatable bonds is 5. The van der Waals surface area contributed by atoms with Crippen LogP contribution >= 0.6 is 0 Å². The second kappa shape index (κ2) is 6.58. The summed E-state index contributed by atoms with van der Waals surface area (Å²) < 4.78 is 0. The number of aliphatic hydroxyl groups is 1. The van der Waals surface area contributed by atoms with Crippen molar-refractivity contribution in [2.45, 2.75) is 45.2 Å². The number of carboxylic acid groups (broad SMARTS) is 1. The van der Waals surface area contributed by atoms with Crippen molar-refractivity contribution in [2.75, 3.05) is 13.2 Å². The summed E-state index contributed by atoms with van der Waals surface area (Å²) in [5.41, 5.74) is 0. The van der Waals surface area contributed by atoms with E-state index in [9.17, 15) is 9.59 Å². The highest BCUT2D eigenvalue weighted by Gasteiger charge is 2.30. The van der Waals surface area contributed by atoms with Crippen LogP contribution in [0.5, 0.6) is 0 Å². The van der Waals surface area contributed by atoms with E-state index in [2.05, 4.69) is 5.32 Å². The Morgan fingerprint density at radius 3 is 2.61 bits per heavy atom. The molecule has 1 aliphatic rings. The highest BCUT2D eigenvalue weighted by atomic mass is 16.4. The summed E-state index contributed by atoms with van der Waals surface area (Å²) >= 11 is 0. The molecule has 2 unspecified atom stereocenters. The van der Waals surface area contributed by atoms with Crippen LogP contribution in [-0.4, -0.2) is 52.3 Å². The molecule has 0 aromatic carbocycles. The molecule has 0 saturated carbocycles. The lowest BCUT2D eigenvalue weighted by Gasteiger charge is -2.26. The molecule has 2 amide bonds. The molecule has 18 heavy (non-hydrogen) atoms. The number of likely N-dealkylation sites (tertiary alicyclic amines) is 1. The number of urea groups is 1. The van der Waals surface area contributed by atoms with Gasteiger partial charge in [0.25, 0.3) is 0 Å². The molecule has 0 aliphatic carbocycles. The number of carboxylic acids is 1. The average Bonchev–Trinajstić information content (AvgIpc) is 2.75. The summed E-state index contributed by atoms with van der Waals surface area (Å²) in [4.78, 5) is 24.5. The van der Waals surface area contributed by atoms with Crippen molar-refractivity contribution in [1.82, 2.24) is 10.2 Å². The van der Waals surface area contributed by atoms with Crippen LogP contribution in [0.2, 0.25) is 0 Å². The Balaban J connectivity index is 2.58. The molecule has 0 bridgehead atoms. The van der Waals surface area contributed by atoms with Crippen LogP contribution in [0.15, 0.2) is 0 Å². The van der Waals surface area contributed by atoms with E-state index in [4.69, 9.17) is 10.2 Å². The first-order valence-corrected chi connectivity index (χ1v) is 6.36. The first-order chi connectivity index (χ1) is 8.45. The summed E-state index contributed by atoms with van der Waals surface area (Å²) in [5, 5.41) is 20.7. The van der Waals surface area contributed by atoms with Gasteiger partial charge in [0.15, 0.2) is 0 Å². The Labute approximate surface area is 107 Å². The number of nitrogens with one attached hydrogen (secondary N) is 1. The van der Waals surface area contributed by atoms with Crippen molar-refractivity contribution in [3.05, 3.63) is 0 Å². The Bertz CT molecular complexity index is 306. The lowest BCUT2D eigenvalue weighted by molar-refractivity contribution is -0.139. The number of carbonyl (C=O) groups is 2. The highest BCUT2D eigenvalue weighted by molar-refractivity contribution is 5.82. The van der Waals surface area contributed by atoms with E-state index in [1.807, 2.05) is 13.8 Å². The van der Waals surface area contributed by atoms with Gasteiger partial charge in [0.2, 0.25) is 0 Å². The summed E-state index contributed by atoms with van der Waals surface area (Å²) in [7, 11) is 0. The largest absolute Gasteiger partial charge is 0.480 e. The molecular formula is C12H22N2O4. The molecule has 1 aliphatic heterocycles. The van der Waals surface area contributed by atoms with Crippen molar-refractivity contribution in [3.8, 4) is 0 Å². The minimum absolute atomic E-state index is 0.0741. The van der Waals surface area contributed by atoms with E-state index in [1.165, 1.54) is 4.90 Å². The SMILES string of the molecule is CC(C)CC(NC(=O)N1CCCC1CO)C(=O)O. The van der Waals surface area contributed by atoms with E-state index in [-0.39, 0.29) is 24.6 Å². The van der Waals surface area contributed by atoms with E-state index >= 15 is 0 Å². The molecule has 1 rings (SSSR count). The van der Waals surface area contributed by atoms with Crippen LogP contribution in [0, 0.1) is 5.92 Å². The van der Waals surface area contributed by atoms with Gasteiger partial charge in [-0.2, -0.15) is 0 Å². The second-order valence-corrected chi connectivity index (χ2v) is 5.14. The molecule has 104 valence electrons. The maximum Gasteiger partial charge on any atom is 0.326 e. The Kier molecular flexibility index (Phi) is 5.40. The summed E-state index contributed by atoms with van der Waals surface area (Å²) in [6.07, 6.45) is 2.02. The van der Waals surface area contributed by atoms with Gasteiger partial charge in [0.1, 0.15) is 6.04 Å². The zero-order valence-corrected chi connectivity index (χ0v) is 10.9. The number of aliphatic carboxylic acids is 1. The van der Waals surface area contributed by atoms with Crippen LogP contribution in [0.3, 0.4) is 0 Å². The number of nitrogens with zero attached hydrogens (tertiary/aromatic N) is 1. The minimum Gasteiger partial charge on any atom is -0.480 e. The third kappa shape index (κ3) is 3.87. The van der Waals surface area contributed by atoms with Gasteiger partial charge in [-0.1, -0.05) is 13.8 Å². The summed E-state index contributed by atoms with van der Waals surface area (Å²) in [5.74, 6) is -0.824. The standard InChI is InChI=1S/C12H22N2O4/c1-8(2)6-10(11(16)17)13-12(18)14-5-3-4-9(14)7-15/h8-10,15H,3-7H2,1-2H3,(H,13,18)(H,16,17). The maximum absolute atomic E-state index is 12.0. The van der Waals surface area contributed by atoms with Crippen molar-refractivity contribution < 1.29 is 19.8 Å². The van der Waals surface area contributed by atoms with E-state index < -0.39 is 12.0 Å². The molecule has 6 nitrogen and oxygen atoms in total. The van der Waals surface area contributed by atoms with E-state index in [1.54, 1.807) is 0 Å². The number of hydrogen-bond acceptors (Lipinski definition) is 3. The van der Waals surface area contributed by atoms with E-state index in [0.717, 1.165) is 12.8 Å². The molecule has 6 heteroatoms. The highest BCUT2D eigenvalue weighted by Crippen LogP contribution is 2.17. The molecular weight excluding hydrogens is 236 g/mol. The second-order valence-electron chi connectivity index (χ2n) is 5.14. The van der Waals surface area contributed by atoms with Gasteiger partial charge in [-0.15, -0.1) is 0 Å². The fraction of sp³-hybridized carbons (Fsp3) is 0.833. The van der Waals surface area contributed by atoms with Gasteiger partial charge >= 0.3 is 12.0 Å². The third-order valence-corrected chi connectivity index (χ3v) is 3.15.